The molecule has 0 N–H and O–H groups in total. The third-order valence-corrected chi connectivity index (χ3v) is 0.767. The van der Waals surface area contributed by atoms with Crippen LogP contribution >= 0.6 is 0 Å². The molecule has 1 aliphatic heterocycles. The Morgan fingerprint density at radius 3 is 2.86 bits per heavy atom. The summed E-state index contributed by atoms with van der Waals surface area (Å²) in [6.45, 7) is 0.416. The van der Waals surface area contributed by atoms with Gasteiger partial charge in [0, 0.05) is 6.42 Å². The van der Waals surface area contributed by atoms with E-state index in [0.717, 1.165) is 0 Å². The lowest BCUT2D eigenvalue weighted by molar-refractivity contribution is -0.216. The first-order valence-corrected chi connectivity index (χ1v) is 2.16. The largest absolute Gasteiger partial charge is 0.396 e. The van der Waals surface area contributed by atoms with Gasteiger partial charge in [0.2, 0.25) is 0 Å². The highest BCUT2D eigenvalue weighted by molar-refractivity contribution is 6.69. The first-order chi connectivity index (χ1) is 3.39. The summed E-state index contributed by atoms with van der Waals surface area (Å²) in [4.78, 5) is 19.0. The summed E-state index contributed by atoms with van der Waals surface area (Å²) in [5.41, 5.74) is 0.117. The molecule has 0 radical (unpaired) electrons. The second-order valence-corrected chi connectivity index (χ2v) is 1.37. The van der Waals surface area contributed by atoms with E-state index < -0.39 is 0 Å². The molecule has 0 aromatic heterocycles. The third-order valence-electron chi connectivity index (χ3n) is 0.767. The predicted octanol–water partition coefficient (Wildman–Crippen LogP) is -0.784. The smallest absolute Gasteiger partial charge is 0.308 e. The van der Waals surface area contributed by atoms with Gasteiger partial charge in [-0.2, -0.15) is 0 Å². The maximum absolute atomic E-state index is 10.3. The van der Waals surface area contributed by atoms with E-state index in [4.69, 9.17) is 0 Å². The van der Waals surface area contributed by atoms with Crippen molar-refractivity contribution in [3.8, 4) is 0 Å². The molecule has 0 spiro atoms. The molecular weight excluding hydrogens is 94.8 g/mol. The molecule has 0 aromatic rings. The number of hydrogen-bond donors (Lipinski definition) is 0. The molecule has 1 fully saturated rings. The van der Waals surface area contributed by atoms with Crippen molar-refractivity contribution >= 4 is 13.2 Å². The van der Waals surface area contributed by atoms with Crippen LogP contribution in [-0.2, 0) is 14.5 Å². The highest BCUT2D eigenvalue weighted by Gasteiger charge is 2.10. The highest BCUT2D eigenvalue weighted by atomic mass is 17.2. The van der Waals surface area contributed by atoms with Crippen molar-refractivity contribution in [2.75, 3.05) is 6.61 Å². The topological polar surface area (TPSA) is 35.5 Å². The Hall–Kier alpha value is -0.345. The summed E-state index contributed by atoms with van der Waals surface area (Å²) in [6, 6.07) is 0. The lowest BCUT2D eigenvalue weighted by Gasteiger charge is -2.06. The molecule has 0 amide bonds. The van der Waals surface area contributed by atoms with Gasteiger partial charge in [0.05, 0.1) is 6.61 Å². The van der Waals surface area contributed by atoms with Crippen LogP contribution in [0.5, 0.6) is 0 Å². The van der Waals surface area contributed by atoms with Crippen molar-refractivity contribution in [3.05, 3.63) is 0 Å². The van der Waals surface area contributed by atoms with Crippen LogP contribution in [0.2, 0.25) is 0 Å². The van der Waals surface area contributed by atoms with Gasteiger partial charge in [-0.25, -0.2) is 0 Å². The zero-order chi connectivity index (χ0) is 5.11. The number of rotatable bonds is 0. The first-order valence-electron chi connectivity index (χ1n) is 2.16. The molecule has 0 aromatic carbocycles. The molecule has 1 rings (SSSR count). The summed E-state index contributed by atoms with van der Waals surface area (Å²) in [5.74, 6) is 0. The molecule has 3 nitrogen and oxygen atoms in total. The first kappa shape index (κ1) is 4.81. The number of carbonyl (C=O) groups excluding carboxylic acids is 1. The maximum atomic E-state index is 10.3. The van der Waals surface area contributed by atoms with E-state index in [9.17, 15) is 4.79 Å². The summed E-state index contributed by atoms with van der Waals surface area (Å²) in [7, 11) is 0.125. The van der Waals surface area contributed by atoms with Gasteiger partial charge >= 0.3 is 7.48 Å². The summed E-state index contributed by atoms with van der Waals surface area (Å²) < 4.78 is 0. The van der Waals surface area contributed by atoms with Gasteiger partial charge < -0.3 is 4.79 Å². The quantitative estimate of drug-likeness (QED) is 0.295. The van der Waals surface area contributed by atoms with E-state index in [1.807, 2.05) is 0 Å². The lowest BCUT2D eigenvalue weighted by Crippen LogP contribution is -2.21. The van der Waals surface area contributed by atoms with Crippen LogP contribution in [0.4, 0.5) is 0 Å². The van der Waals surface area contributed by atoms with Crippen LogP contribution in [0.3, 0.4) is 0 Å². The second-order valence-electron chi connectivity index (χ2n) is 1.37. The standard InChI is InChI=1S/C3H5BO3/c5-3-1-2-6-7-4-3/h4H,1-2H2. The Morgan fingerprint density at radius 2 is 2.57 bits per heavy atom. The Morgan fingerprint density at radius 1 is 1.71 bits per heavy atom. The average molecular weight is 99.9 g/mol. The molecule has 0 aliphatic carbocycles. The number of carbonyl (C=O) groups is 1. The summed E-state index contributed by atoms with van der Waals surface area (Å²) in [5, 5.41) is 0. The molecule has 4 heteroatoms. The van der Waals surface area contributed by atoms with Crippen LogP contribution in [0.15, 0.2) is 0 Å². The molecule has 0 bridgehead atoms. The fraction of sp³-hybridized carbons (Fsp3) is 0.667. The summed E-state index contributed by atoms with van der Waals surface area (Å²) >= 11 is 0. The van der Waals surface area contributed by atoms with E-state index in [1.54, 1.807) is 0 Å². The molecule has 0 atom stereocenters. The molecule has 0 saturated carbocycles. The van der Waals surface area contributed by atoms with Gasteiger partial charge in [-0.1, -0.05) is 0 Å². The van der Waals surface area contributed by atoms with Gasteiger partial charge in [-0.05, 0) is 0 Å². The lowest BCUT2D eigenvalue weighted by atomic mass is 9.91. The van der Waals surface area contributed by atoms with Crippen molar-refractivity contribution in [1.29, 1.82) is 0 Å². The maximum Gasteiger partial charge on any atom is 0.396 e. The van der Waals surface area contributed by atoms with Gasteiger partial charge in [0.25, 0.3) is 0 Å². The second kappa shape index (κ2) is 2.09. The molecule has 7 heavy (non-hydrogen) atoms. The molecular formula is C3H5BO3. The zero-order valence-electron chi connectivity index (χ0n) is 3.85. The minimum atomic E-state index is 0.117. The van der Waals surface area contributed by atoms with Gasteiger partial charge in [0.15, 0.2) is 0 Å². The molecule has 38 valence electrons. The normalized spacial score (nSPS) is 21.4. The Kier molecular flexibility index (Phi) is 1.44. The van der Waals surface area contributed by atoms with Gasteiger partial charge in [-0.3, -0.25) is 9.69 Å². The molecule has 1 aliphatic rings. The molecule has 1 saturated heterocycles. The van der Waals surface area contributed by atoms with Crippen LogP contribution in [0.25, 0.3) is 0 Å². The van der Waals surface area contributed by atoms with Crippen molar-refractivity contribution in [3.63, 3.8) is 0 Å². The Balaban J connectivity index is 2.25. The van der Waals surface area contributed by atoms with Crippen LogP contribution in [0.1, 0.15) is 6.42 Å². The van der Waals surface area contributed by atoms with Gasteiger partial charge in [0.1, 0.15) is 5.68 Å². The Labute approximate surface area is 41.8 Å². The molecule has 0 unspecified atom stereocenters. The van der Waals surface area contributed by atoms with E-state index >= 15 is 0 Å². The number of hydrogen-bond acceptors (Lipinski definition) is 3. The van der Waals surface area contributed by atoms with Crippen molar-refractivity contribution in [2.45, 2.75) is 6.42 Å². The molecule has 1 heterocycles. The fourth-order valence-corrected chi connectivity index (χ4v) is 0.394. The van der Waals surface area contributed by atoms with Crippen LogP contribution in [0, 0.1) is 0 Å². The SMILES string of the molecule is O=C1BOOCC1. The van der Waals surface area contributed by atoms with E-state index in [-0.39, 0.29) is 13.2 Å². The highest BCUT2D eigenvalue weighted by Crippen LogP contribution is 1.91. The van der Waals surface area contributed by atoms with E-state index in [1.165, 1.54) is 0 Å². The fourth-order valence-electron chi connectivity index (χ4n) is 0.394. The van der Waals surface area contributed by atoms with Crippen molar-refractivity contribution in [1.82, 2.24) is 0 Å². The minimum absolute atomic E-state index is 0.117. The van der Waals surface area contributed by atoms with E-state index in [2.05, 4.69) is 9.69 Å². The predicted molar refractivity (Wildman–Crippen MR) is 23.8 cm³/mol. The third kappa shape index (κ3) is 1.29. The van der Waals surface area contributed by atoms with Crippen molar-refractivity contribution in [2.24, 2.45) is 0 Å². The monoisotopic (exact) mass is 100 g/mol. The van der Waals surface area contributed by atoms with Crippen LogP contribution < -0.4 is 0 Å². The van der Waals surface area contributed by atoms with Crippen LogP contribution in [-0.4, -0.2) is 19.8 Å². The van der Waals surface area contributed by atoms with Gasteiger partial charge in [-0.15, -0.1) is 0 Å². The Bertz CT molecular complexity index is 74.2. The minimum Gasteiger partial charge on any atom is -0.308 e. The zero-order valence-corrected chi connectivity index (χ0v) is 3.85. The summed E-state index contributed by atoms with van der Waals surface area (Å²) in [6.07, 6.45) is 0.500. The average Bonchev–Trinajstić information content (AvgIpc) is 1.69. The van der Waals surface area contributed by atoms with Crippen molar-refractivity contribution < 1.29 is 14.5 Å². The van der Waals surface area contributed by atoms with E-state index in [0.29, 0.717) is 13.0 Å².